The second-order valence-corrected chi connectivity index (χ2v) is 6.54. The van der Waals surface area contributed by atoms with Gasteiger partial charge in [0.05, 0.1) is 12.3 Å². The van der Waals surface area contributed by atoms with E-state index < -0.39 is 0 Å². The summed E-state index contributed by atoms with van der Waals surface area (Å²) in [5.41, 5.74) is 3.62. The van der Waals surface area contributed by atoms with Crippen molar-refractivity contribution in [1.82, 2.24) is 20.4 Å². The van der Waals surface area contributed by atoms with Crippen LogP contribution < -0.4 is 15.4 Å². The molecule has 6 nitrogen and oxygen atoms in total. The Bertz CT molecular complexity index is 708. The first-order valence-corrected chi connectivity index (χ1v) is 9.15. The van der Waals surface area contributed by atoms with Crippen molar-refractivity contribution in [2.45, 2.75) is 39.7 Å². The molecule has 1 aromatic carbocycles. The van der Waals surface area contributed by atoms with E-state index in [1.165, 1.54) is 11.3 Å². The van der Waals surface area contributed by atoms with Crippen LogP contribution in [0.2, 0.25) is 0 Å². The monoisotopic (exact) mass is 357 g/mol. The molecule has 26 heavy (non-hydrogen) atoms. The molecular formula is C20H31N5O. The largest absolute Gasteiger partial charge is 0.494 e. The Hall–Kier alpha value is -2.50. The van der Waals surface area contributed by atoms with E-state index >= 15 is 0 Å². The molecule has 0 spiro atoms. The minimum atomic E-state index is 0.267. The number of para-hydroxylation sites is 1. The zero-order valence-electron chi connectivity index (χ0n) is 16.5. The summed E-state index contributed by atoms with van der Waals surface area (Å²) in [5.74, 6) is 1.72. The Morgan fingerprint density at radius 3 is 2.62 bits per heavy atom. The molecular weight excluding hydrogens is 326 g/mol. The molecule has 0 bridgehead atoms. The van der Waals surface area contributed by atoms with Crippen LogP contribution in [-0.4, -0.2) is 42.0 Å². The summed E-state index contributed by atoms with van der Waals surface area (Å²) in [6.45, 7) is 7.83. The molecule has 2 rings (SSSR count). The van der Waals surface area contributed by atoms with E-state index in [9.17, 15) is 0 Å². The van der Waals surface area contributed by atoms with Crippen LogP contribution in [0.25, 0.3) is 0 Å². The normalized spacial score (nSPS) is 12.7. The van der Waals surface area contributed by atoms with Gasteiger partial charge in [0.15, 0.2) is 5.96 Å². The molecule has 1 heterocycles. The van der Waals surface area contributed by atoms with Gasteiger partial charge in [0.2, 0.25) is 0 Å². The van der Waals surface area contributed by atoms with Crippen LogP contribution in [0.4, 0.5) is 0 Å². The van der Waals surface area contributed by atoms with Crippen LogP contribution in [0.1, 0.15) is 30.3 Å². The molecule has 6 heteroatoms. The van der Waals surface area contributed by atoms with Gasteiger partial charge in [-0.3, -0.25) is 9.67 Å². The molecule has 142 valence electrons. The van der Waals surface area contributed by atoms with Crippen molar-refractivity contribution in [2.24, 2.45) is 12.0 Å². The highest BCUT2D eigenvalue weighted by Gasteiger charge is 2.13. The fourth-order valence-electron chi connectivity index (χ4n) is 2.88. The summed E-state index contributed by atoms with van der Waals surface area (Å²) in [4.78, 5) is 4.31. The Kier molecular flexibility index (Phi) is 7.51. The fraction of sp³-hybridized carbons (Fsp3) is 0.500. The first-order valence-electron chi connectivity index (χ1n) is 9.15. The van der Waals surface area contributed by atoms with Crippen LogP contribution in [0.3, 0.4) is 0 Å². The Morgan fingerprint density at radius 1 is 1.27 bits per heavy atom. The van der Waals surface area contributed by atoms with Gasteiger partial charge in [-0.1, -0.05) is 18.2 Å². The first-order chi connectivity index (χ1) is 12.5. The summed E-state index contributed by atoms with van der Waals surface area (Å²) < 4.78 is 7.64. The Balaban J connectivity index is 1.71. The van der Waals surface area contributed by atoms with Gasteiger partial charge >= 0.3 is 0 Å². The summed E-state index contributed by atoms with van der Waals surface area (Å²) in [6.07, 6.45) is 1.83. The number of aryl methyl sites for hydroxylation is 2. The number of rotatable bonds is 8. The third-order valence-electron chi connectivity index (χ3n) is 4.40. The second-order valence-electron chi connectivity index (χ2n) is 6.54. The number of ether oxygens (including phenoxy) is 1. The maximum absolute atomic E-state index is 5.70. The number of nitrogens with one attached hydrogen (secondary N) is 2. The van der Waals surface area contributed by atoms with E-state index in [0.717, 1.165) is 36.8 Å². The highest BCUT2D eigenvalue weighted by atomic mass is 16.5. The van der Waals surface area contributed by atoms with E-state index in [-0.39, 0.29) is 6.04 Å². The number of hydrogen-bond acceptors (Lipinski definition) is 3. The Labute approximate surface area is 156 Å². The van der Waals surface area contributed by atoms with Gasteiger partial charge in [-0.25, -0.2) is 0 Å². The maximum Gasteiger partial charge on any atom is 0.191 e. The van der Waals surface area contributed by atoms with Crippen molar-refractivity contribution < 1.29 is 4.74 Å². The van der Waals surface area contributed by atoms with Crippen molar-refractivity contribution in [3.05, 3.63) is 47.3 Å². The molecule has 0 radical (unpaired) electrons. The van der Waals surface area contributed by atoms with Gasteiger partial charge in [0.1, 0.15) is 5.75 Å². The zero-order chi connectivity index (χ0) is 18.9. The lowest BCUT2D eigenvalue weighted by Gasteiger charge is -2.18. The van der Waals surface area contributed by atoms with E-state index in [0.29, 0.717) is 6.61 Å². The Morgan fingerprint density at radius 2 is 2.00 bits per heavy atom. The highest BCUT2D eigenvalue weighted by Crippen LogP contribution is 2.14. The van der Waals surface area contributed by atoms with Crippen LogP contribution in [0, 0.1) is 13.8 Å². The quantitative estimate of drug-likeness (QED) is 0.433. The van der Waals surface area contributed by atoms with E-state index in [1.54, 1.807) is 7.05 Å². The number of aliphatic imine (C=N–C) groups is 1. The molecule has 2 aromatic rings. The molecule has 0 fully saturated rings. The molecule has 0 saturated carbocycles. The predicted molar refractivity (Wildman–Crippen MR) is 107 cm³/mol. The molecule has 1 aromatic heterocycles. The summed E-state index contributed by atoms with van der Waals surface area (Å²) in [5, 5.41) is 11.3. The molecule has 0 aliphatic carbocycles. The summed E-state index contributed by atoms with van der Waals surface area (Å²) in [7, 11) is 3.78. The van der Waals surface area contributed by atoms with E-state index in [4.69, 9.17) is 4.74 Å². The standard InChI is InChI=1S/C20H31N5O/c1-15(14-19-16(2)24-25(5)17(19)3)23-20(21-4)22-12-9-13-26-18-10-7-6-8-11-18/h6-8,10-11,15H,9,12-14H2,1-5H3,(H2,21,22,23). The molecule has 0 saturated heterocycles. The number of hydrogen-bond donors (Lipinski definition) is 2. The average Bonchev–Trinajstić information content (AvgIpc) is 2.87. The van der Waals surface area contributed by atoms with Gasteiger partial charge in [-0.15, -0.1) is 0 Å². The van der Waals surface area contributed by atoms with Gasteiger partial charge < -0.3 is 15.4 Å². The van der Waals surface area contributed by atoms with E-state index in [2.05, 4.69) is 41.5 Å². The number of nitrogens with zero attached hydrogens (tertiary/aromatic N) is 3. The van der Waals surface area contributed by atoms with Gasteiger partial charge in [0, 0.05) is 32.4 Å². The van der Waals surface area contributed by atoms with Crippen LogP contribution in [-0.2, 0) is 13.5 Å². The molecule has 1 atom stereocenters. The molecule has 0 amide bonds. The van der Waals surface area contributed by atoms with Crippen LogP contribution in [0.15, 0.2) is 35.3 Å². The third kappa shape index (κ3) is 5.79. The highest BCUT2D eigenvalue weighted by molar-refractivity contribution is 5.79. The number of aromatic nitrogens is 2. The van der Waals surface area contributed by atoms with Crippen molar-refractivity contribution in [3.8, 4) is 5.75 Å². The third-order valence-corrected chi connectivity index (χ3v) is 4.40. The van der Waals surface area contributed by atoms with Crippen molar-refractivity contribution in [1.29, 1.82) is 0 Å². The van der Waals surface area contributed by atoms with Crippen LogP contribution >= 0.6 is 0 Å². The maximum atomic E-state index is 5.70. The fourth-order valence-corrected chi connectivity index (χ4v) is 2.88. The molecule has 0 aliphatic rings. The summed E-state index contributed by atoms with van der Waals surface area (Å²) >= 11 is 0. The molecule has 2 N–H and O–H groups in total. The molecule has 1 unspecified atom stereocenters. The first kappa shape index (κ1) is 19.8. The van der Waals surface area contributed by atoms with Gasteiger partial charge in [-0.05, 0) is 51.3 Å². The number of guanidine groups is 1. The SMILES string of the molecule is CN=C(NCCCOc1ccccc1)NC(C)Cc1c(C)nn(C)c1C. The smallest absolute Gasteiger partial charge is 0.191 e. The molecule has 0 aliphatic heterocycles. The average molecular weight is 358 g/mol. The lowest BCUT2D eigenvalue weighted by Crippen LogP contribution is -2.43. The van der Waals surface area contributed by atoms with Gasteiger partial charge in [-0.2, -0.15) is 5.10 Å². The lowest BCUT2D eigenvalue weighted by molar-refractivity contribution is 0.311. The van der Waals surface area contributed by atoms with Crippen molar-refractivity contribution in [2.75, 3.05) is 20.2 Å². The predicted octanol–water partition coefficient (Wildman–Crippen LogP) is 2.60. The van der Waals surface area contributed by atoms with E-state index in [1.807, 2.05) is 42.1 Å². The zero-order valence-corrected chi connectivity index (χ0v) is 16.5. The summed E-state index contributed by atoms with van der Waals surface area (Å²) in [6, 6.07) is 10.2. The minimum Gasteiger partial charge on any atom is -0.494 e. The van der Waals surface area contributed by atoms with Crippen LogP contribution in [0.5, 0.6) is 5.75 Å². The lowest BCUT2D eigenvalue weighted by atomic mass is 10.1. The van der Waals surface area contributed by atoms with Crippen molar-refractivity contribution in [3.63, 3.8) is 0 Å². The topological polar surface area (TPSA) is 63.5 Å². The van der Waals surface area contributed by atoms with Gasteiger partial charge in [0.25, 0.3) is 0 Å². The van der Waals surface area contributed by atoms with Crippen molar-refractivity contribution >= 4 is 5.96 Å². The minimum absolute atomic E-state index is 0.267. The number of benzene rings is 1. The second kappa shape index (κ2) is 9.85.